The summed E-state index contributed by atoms with van der Waals surface area (Å²) in [4.78, 5) is 13.8. The van der Waals surface area contributed by atoms with E-state index in [0.717, 1.165) is 6.42 Å². The van der Waals surface area contributed by atoms with Crippen LogP contribution in [0.15, 0.2) is 36.9 Å². The summed E-state index contributed by atoms with van der Waals surface area (Å²) in [6.45, 7) is 6.93. The first-order valence-corrected chi connectivity index (χ1v) is 5.38. The van der Waals surface area contributed by atoms with Crippen LogP contribution in [0.3, 0.4) is 0 Å². The number of aromatic hydroxyl groups is 1. The summed E-state index contributed by atoms with van der Waals surface area (Å²) in [6, 6.07) is 6.30. The molecule has 3 heteroatoms. The van der Waals surface area contributed by atoms with Gasteiger partial charge in [0.05, 0.1) is 0 Å². The van der Waals surface area contributed by atoms with E-state index >= 15 is 0 Å². The number of phenols is 1. The van der Waals surface area contributed by atoms with Gasteiger partial charge < -0.3 is 10.0 Å². The molecule has 0 aliphatic heterocycles. The lowest BCUT2D eigenvalue weighted by Gasteiger charge is -2.20. The first kappa shape index (κ1) is 12.3. The number of hydrogen-bond acceptors (Lipinski definition) is 2. The summed E-state index contributed by atoms with van der Waals surface area (Å²) >= 11 is 0. The molecule has 1 rings (SSSR count). The number of phenolic OH excluding ortho intramolecular Hbond substituents is 1. The van der Waals surface area contributed by atoms with Crippen molar-refractivity contribution in [1.82, 2.24) is 4.90 Å². The van der Waals surface area contributed by atoms with E-state index in [1.54, 1.807) is 23.1 Å². The van der Waals surface area contributed by atoms with E-state index in [4.69, 9.17) is 5.11 Å². The summed E-state index contributed by atoms with van der Waals surface area (Å²) in [5.41, 5.74) is 0.591. The average Bonchev–Trinajstić information content (AvgIpc) is 2.29. The summed E-state index contributed by atoms with van der Waals surface area (Å²) in [5.74, 6) is 0.143. The van der Waals surface area contributed by atoms with Crippen molar-refractivity contribution in [2.45, 2.75) is 13.3 Å². The second-order valence-corrected chi connectivity index (χ2v) is 3.59. The van der Waals surface area contributed by atoms with Gasteiger partial charge in [-0.1, -0.05) is 13.0 Å². The van der Waals surface area contributed by atoms with Gasteiger partial charge in [-0.05, 0) is 30.7 Å². The lowest BCUT2D eigenvalue weighted by atomic mass is 10.2. The normalized spacial score (nSPS) is 9.81. The van der Waals surface area contributed by atoms with Crippen LogP contribution in [0.1, 0.15) is 23.7 Å². The Labute approximate surface area is 96.0 Å². The topological polar surface area (TPSA) is 40.5 Å². The van der Waals surface area contributed by atoms with Crippen molar-refractivity contribution in [1.29, 1.82) is 0 Å². The molecule has 0 fully saturated rings. The number of benzene rings is 1. The van der Waals surface area contributed by atoms with Gasteiger partial charge in [-0.2, -0.15) is 0 Å². The Morgan fingerprint density at radius 3 is 2.56 bits per heavy atom. The van der Waals surface area contributed by atoms with Gasteiger partial charge in [-0.3, -0.25) is 4.79 Å². The second-order valence-electron chi connectivity index (χ2n) is 3.59. The number of hydrogen-bond donors (Lipinski definition) is 1. The molecule has 1 N–H and O–H groups in total. The summed E-state index contributed by atoms with van der Waals surface area (Å²) < 4.78 is 0. The first-order chi connectivity index (χ1) is 7.69. The molecule has 0 aliphatic rings. The number of rotatable bonds is 5. The van der Waals surface area contributed by atoms with Crippen molar-refractivity contribution >= 4 is 5.91 Å². The van der Waals surface area contributed by atoms with E-state index in [-0.39, 0.29) is 11.7 Å². The lowest BCUT2D eigenvalue weighted by molar-refractivity contribution is 0.0774. The van der Waals surface area contributed by atoms with Crippen molar-refractivity contribution in [3.05, 3.63) is 42.5 Å². The molecule has 0 spiro atoms. The third-order valence-corrected chi connectivity index (χ3v) is 2.24. The van der Waals surface area contributed by atoms with Crippen LogP contribution in [-0.4, -0.2) is 29.0 Å². The molecule has 0 saturated carbocycles. The highest BCUT2D eigenvalue weighted by molar-refractivity contribution is 5.94. The molecule has 0 saturated heterocycles. The molecule has 0 atom stereocenters. The van der Waals surface area contributed by atoms with Gasteiger partial charge in [0.2, 0.25) is 0 Å². The molecule has 3 nitrogen and oxygen atoms in total. The third-order valence-electron chi connectivity index (χ3n) is 2.24. The molecule has 0 heterocycles. The van der Waals surface area contributed by atoms with Crippen LogP contribution >= 0.6 is 0 Å². The zero-order chi connectivity index (χ0) is 12.0. The quantitative estimate of drug-likeness (QED) is 0.773. The van der Waals surface area contributed by atoms with Gasteiger partial charge >= 0.3 is 0 Å². The Morgan fingerprint density at radius 1 is 1.44 bits per heavy atom. The fourth-order valence-electron chi connectivity index (χ4n) is 1.49. The fourth-order valence-corrected chi connectivity index (χ4v) is 1.49. The van der Waals surface area contributed by atoms with E-state index in [9.17, 15) is 4.79 Å². The zero-order valence-corrected chi connectivity index (χ0v) is 9.52. The zero-order valence-electron chi connectivity index (χ0n) is 9.52. The van der Waals surface area contributed by atoms with Gasteiger partial charge in [0.15, 0.2) is 0 Å². The van der Waals surface area contributed by atoms with Crippen molar-refractivity contribution in [2.24, 2.45) is 0 Å². The second kappa shape index (κ2) is 5.95. The van der Waals surface area contributed by atoms with Gasteiger partial charge in [0.1, 0.15) is 5.75 Å². The predicted molar refractivity (Wildman–Crippen MR) is 64.5 cm³/mol. The minimum Gasteiger partial charge on any atom is -0.508 e. The molecule has 1 amide bonds. The van der Waals surface area contributed by atoms with Crippen LogP contribution in [-0.2, 0) is 0 Å². The molecule has 0 aromatic heterocycles. The first-order valence-electron chi connectivity index (χ1n) is 5.38. The molecule has 1 aromatic carbocycles. The van der Waals surface area contributed by atoms with Crippen molar-refractivity contribution in [3.63, 3.8) is 0 Å². The highest BCUT2D eigenvalue weighted by atomic mass is 16.3. The third kappa shape index (κ3) is 3.12. The summed E-state index contributed by atoms with van der Waals surface area (Å²) in [7, 11) is 0. The van der Waals surface area contributed by atoms with Crippen LogP contribution in [0.2, 0.25) is 0 Å². The van der Waals surface area contributed by atoms with Gasteiger partial charge in [0, 0.05) is 18.7 Å². The molecular formula is C13H17NO2. The van der Waals surface area contributed by atoms with Crippen LogP contribution in [0.25, 0.3) is 0 Å². The van der Waals surface area contributed by atoms with E-state index in [2.05, 4.69) is 6.58 Å². The standard InChI is InChI=1S/C13H17NO2/c1-3-9-14(10-4-2)13(16)11-5-7-12(15)8-6-11/h3,5-8,15H,1,4,9-10H2,2H3. The van der Waals surface area contributed by atoms with Crippen LogP contribution < -0.4 is 0 Å². The van der Waals surface area contributed by atoms with Gasteiger partial charge in [-0.25, -0.2) is 0 Å². The largest absolute Gasteiger partial charge is 0.508 e. The molecule has 0 unspecified atom stereocenters. The lowest BCUT2D eigenvalue weighted by Crippen LogP contribution is -2.31. The van der Waals surface area contributed by atoms with E-state index in [0.29, 0.717) is 18.7 Å². The Bertz CT molecular complexity index is 357. The minimum absolute atomic E-state index is 0.0262. The van der Waals surface area contributed by atoms with Crippen LogP contribution in [0, 0.1) is 0 Å². The average molecular weight is 219 g/mol. The Hall–Kier alpha value is -1.77. The maximum absolute atomic E-state index is 12.0. The SMILES string of the molecule is C=CCN(CCC)C(=O)c1ccc(O)cc1. The molecule has 0 radical (unpaired) electrons. The molecule has 1 aromatic rings. The van der Waals surface area contributed by atoms with E-state index in [1.165, 1.54) is 12.1 Å². The molecule has 86 valence electrons. The highest BCUT2D eigenvalue weighted by Gasteiger charge is 2.13. The minimum atomic E-state index is -0.0262. The Kier molecular flexibility index (Phi) is 4.58. The number of amides is 1. The Morgan fingerprint density at radius 2 is 2.06 bits per heavy atom. The fraction of sp³-hybridized carbons (Fsp3) is 0.308. The monoisotopic (exact) mass is 219 g/mol. The number of carbonyl (C=O) groups is 1. The highest BCUT2D eigenvalue weighted by Crippen LogP contribution is 2.12. The van der Waals surface area contributed by atoms with E-state index in [1.807, 2.05) is 6.92 Å². The van der Waals surface area contributed by atoms with Gasteiger partial charge in [0.25, 0.3) is 5.91 Å². The number of nitrogens with zero attached hydrogens (tertiary/aromatic N) is 1. The van der Waals surface area contributed by atoms with E-state index < -0.39 is 0 Å². The molecular weight excluding hydrogens is 202 g/mol. The Balaban J connectivity index is 2.80. The maximum Gasteiger partial charge on any atom is 0.254 e. The number of carbonyl (C=O) groups excluding carboxylic acids is 1. The maximum atomic E-state index is 12.0. The summed E-state index contributed by atoms with van der Waals surface area (Å²) in [6.07, 6.45) is 2.63. The van der Waals surface area contributed by atoms with Crippen LogP contribution in [0.5, 0.6) is 5.75 Å². The van der Waals surface area contributed by atoms with Crippen molar-refractivity contribution < 1.29 is 9.90 Å². The molecule has 16 heavy (non-hydrogen) atoms. The smallest absolute Gasteiger partial charge is 0.254 e. The van der Waals surface area contributed by atoms with Crippen molar-refractivity contribution in [2.75, 3.05) is 13.1 Å². The van der Waals surface area contributed by atoms with Crippen molar-refractivity contribution in [3.8, 4) is 5.75 Å². The molecule has 0 aliphatic carbocycles. The summed E-state index contributed by atoms with van der Waals surface area (Å²) in [5, 5.41) is 9.14. The van der Waals surface area contributed by atoms with Gasteiger partial charge in [-0.15, -0.1) is 6.58 Å². The van der Waals surface area contributed by atoms with Crippen LogP contribution in [0.4, 0.5) is 0 Å². The molecule has 0 bridgehead atoms. The predicted octanol–water partition coefficient (Wildman–Crippen LogP) is 2.43.